The Bertz CT molecular complexity index is 2370. The van der Waals surface area contributed by atoms with Crippen molar-refractivity contribution in [2.45, 2.75) is 13.8 Å². The zero-order chi connectivity index (χ0) is 30.8. The van der Waals surface area contributed by atoms with Gasteiger partial charge in [-0.25, -0.2) is 0 Å². The first-order valence-corrected chi connectivity index (χ1v) is 16.1. The van der Waals surface area contributed by atoms with Crippen LogP contribution in [0.1, 0.15) is 11.1 Å². The van der Waals surface area contributed by atoms with E-state index in [2.05, 4.69) is 172 Å². The number of fused-ring (bicyclic) bond motifs is 4. The molecule has 1 aliphatic carbocycles. The smallest absolute Gasteiger partial charge is 0.000741 e. The predicted molar refractivity (Wildman–Crippen MR) is 197 cm³/mol. The zero-order valence-corrected chi connectivity index (χ0v) is 26.0. The Balaban J connectivity index is 1.38. The lowest BCUT2D eigenvalue weighted by Gasteiger charge is -2.20. The first-order chi connectivity index (χ1) is 22.7. The Hall–Kier alpha value is -5.72. The standard InChI is InChI=1S/C46H32/c1-29-14-9-10-19-34(29)41-28-33(25-24-30(41)2)35-26-27-40-44-36(35)22-13-23-39(44)45-42(31-15-5-3-6-16-31)37-20-11-12-21-38(37)43(46(40)45)32-17-7-4-8-18-32/h3-28H,1-2H3. The molecular weight excluding hydrogens is 553 g/mol. The Morgan fingerprint density at radius 2 is 0.783 bits per heavy atom. The number of hydrogen-bond acceptors (Lipinski definition) is 0. The largest absolute Gasteiger partial charge is 0.0622 e. The number of aryl methyl sites for hydroxylation is 2. The lowest BCUT2D eigenvalue weighted by molar-refractivity contribution is 1.41. The Morgan fingerprint density at radius 3 is 1.43 bits per heavy atom. The summed E-state index contributed by atoms with van der Waals surface area (Å²) in [5, 5.41) is 5.22. The summed E-state index contributed by atoms with van der Waals surface area (Å²) in [4.78, 5) is 0. The number of benzene rings is 8. The highest BCUT2D eigenvalue weighted by molar-refractivity contribution is 6.28. The van der Waals surface area contributed by atoms with Crippen LogP contribution in [0.25, 0.3) is 88.3 Å². The van der Waals surface area contributed by atoms with Crippen LogP contribution in [0.2, 0.25) is 0 Å². The molecule has 0 bridgehead atoms. The van der Waals surface area contributed by atoms with Crippen LogP contribution in [0.3, 0.4) is 0 Å². The molecule has 0 atom stereocenters. The zero-order valence-electron chi connectivity index (χ0n) is 26.0. The van der Waals surface area contributed by atoms with E-state index in [0.717, 1.165) is 0 Å². The van der Waals surface area contributed by atoms with Crippen molar-refractivity contribution < 1.29 is 0 Å². The van der Waals surface area contributed by atoms with Gasteiger partial charge in [-0.2, -0.15) is 0 Å². The summed E-state index contributed by atoms with van der Waals surface area (Å²) < 4.78 is 0. The first-order valence-electron chi connectivity index (χ1n) is 16.1. The van der Waals surface area contributed by atoms with E-state index in [1.807, 2.05) is 0 Å². The third-order valence-corrected chi connectivity index (χ3v) is 9.90. The van der Waals surface area contributed by atoms with Gasteiger partial charge in [-0.3, -0.25) is 0 Å². The Morgan fingerprint density at radius 1 is 0.283 bits per heavy atom. The monoisotopic (exact) mass is 584 g/mol. The van der Waals surface area contributed by atoms with Crippen LogP contribution in [0, 0.1) is 13.8 Å². The lowest BCUT2D eigenvalue weighted by atomic mass is 9.82. The van der Waals surface area contributed by atoms with E-state index in [1.54, 1.807) is 0 Å². The van der Waals surface area contributed by atoms with Gasteiger partial charge in [0.1, 0.15) is 0 Å². The van der Waals surface area contributed by atoms with E-state index in [1.165, 1.54) is 99.4 Å². The molecule has 0 heterocycles. The van der Waals surface area contributed by atoms with Gasteiger partial charge in [0.25, 0.3) is 0 Å². The minimum atomic E-state index is 1.25. The minimum absolute atomic E-state index is 1.25. The first kappa shape index (κ1) is 26.7. The number of rotatable bonds is 4. The van der Waals surface area contributed by atoms with Crippen molar-refractivity contribution in [3.63, 3.8) is 0 Å². The maximum Gasteiger partial charge on any atom is -0.000741 e. The molecule has 0 saturated carbocycles. The second-order valence-electron chi connectivity index (χ2n) is 12.5. The maximum absolute atomic E-state index is 2.39. The maximum atomic E-state index is 2.39. The van der Waals surface area contributed by atoms with Crippen molar-refractivity contribution in [2.24, 2.45) is 0 Å². The molecule has 46 heavy (non-hydrogen) atoms. The van der Waals surface area contributed by atoms with Gasteiger partial charge >= 0.3 is 0 Å². The van der Waals surface area contributed by atoms with Gasteiger partial charge in [0, 0.05) is 0 Å². The van der Waals surface area contributed by atoms with E-state index < -0.39 is 0 Å². The van der Waals surface area contributed by atoms with Crippen molar-refractivity contribution in [1.82, 2.24) is 0 Å². The van der Waals surface area contributed by atoms with Crippen LogP contribution in [0.5, 0.6) is 0 Å². The average Bonchev–Trinajstić information content (AvgIpc) is 3.44. The van der Waals surface area contributed by atoms with Crippen molar-refractivity contribution in [3.05, 3.63) is 169 Å². The summed E-state index contributed by atoms with van der Waals surface area (Å²) in [5.74, 6) is 0. The quantitative estimate of drug-likeness (QED) is 0.193. The van der Waals surface area contributed by atoms with Gasteiger partial charge in [0.2, 0.25) is 0 Å². The molecule has 0 saturated heterocycles. The molecule has 0 aromatic heterocycles. The second kappa shape index (κ2) is 10.4. The molecule has 8 aromatic rings. The van der Waals surface area contributed by atoms with E-state index >= 15 is 0 Å². The summed E-state index contributed by atoms with van der Waals surface area (Å²) in [7, 11) is 0. The van der Waals surface area contributed by atoms with Crippen molar-refractivity contribution in [1.29, 1.82) is 0 Å². The molecule has 0 fully saturated rings. The molecule has 0 spiro atoms. The van der Waals surface area contributed by atoms with Crippen molar-refractivity contribution in [2.75, 3.05) is 0 Å². The molecule has 0 unspecified atom stereocenters. The van der Waals surface area contributed by atoms with E-state index in [0.29, 0.717) is 0 Å². The lowest BCUT2D eigenvalue weighted by Crippen LogP contribution is -1.93. The molecule has 1 aliphatic rings. The highest BCUT2D eigenvalue weighted by Crippen LogP contribution is 2.58. The minimum Gasteiger partial charge on any atom is -0.0622 e. The fourth-order valence-corrected chi connectivity index (χ4v) is 7.82. The predicted octanol–water partition coefficient (Wildman–Crippen LogP) is 12.9. The van der Waals surface area contributed by atoms with Crippen LogP contribution in [0.15, 0.2) is 158 Å². The normalized spacial score (nSPS) is 11.7. The Kier molecular flexibility index (Phi) is 6.05. The summed E-state index contributed by atoms with van der Waals surface area (Å²) in [6.07, 6.45) is 0. The highest BCUT2D eigenvalue weighted by atomic mass is 14.3. The third kappa shape index (κ3) is 3.93. The Labute approximate surface area is 270 Å². The summed E-state index contributed by atoms with van der Waals surface area (Å²) >= 11 is 0. The molecule has 9 rings (SSSR count). The highest BCUT2D eigenvalue weighted by Gasteiger charge is 2.31. The molecule has 0 aliphatic heterocycles. The van der Waals surface area contributed by atoms with Crippen LogP contribution in [0.4, 0.5) is 0 Å². The molecule has 0 radical (unpaired) electrons. The van der Waals surface area contributed by atoms with Gasteiger partial charge < -0.3 is 0 Å². The van der Waals surface area contributed by atoms with Gasteiger partial charge in [0.15, 0.2) is 0 Å². The van der Waals surface area contributed by atoms with Gasteiger partial charge in [0.05, 0.1) is 0 Å². The second-order valence-corrected chi connectivity index (χ2v) is 12.5. The van der Waals surface area contributed by atoms with Crippen LogP contribution in [-0.4, -0.2) is 0 Å². The van der Waals surface area contributed by atoms with E-state index in [4.69, 9.17) is 0 Å². The molecule has 0 nitrogen and oxygen atoms in total. The SMILES string of the molecule is Cc1ccccc1-c1cc(-c2ccc3c4c(cccc24)-c2c-3c(-c3ccccc3)c3ccccc3c2-c2ccccc2)ccc1C. The third-order valence-electron chi connectivity index (χ3n) is 9.90. The van der Waals surface area contributed by atoms with E-state index in [9.17, 15) is 0 Å². The average molecular weight is 585 g/mol. The van der Waals surface area contributed by atoms with Crippen LogP contribution < -0.4 is 0 Å². The van der Waals surface area contributed by atoms with E-state index in [-0.39, 0.29) is 0 Å². The van der Waals surface area contributed by atoms with Crippen LogP contribution >= 0.6 is 0 Å². The molecular formula is C46H32. The molecule has 0 amide bonds. The fraction of sp³-hybridized carbons (Fsp3) is 0.0435. The van der Waals surface area contributed by atoms with Crippen molar-refractivity contribution in [3.8, 4) is 66.8 Å². The fourth-order valence-electron chi connectivity index (χ4n) is 7.82. The summed E-state index contributed by atoms with van der Waals surface area (Å²) in [6.45, 7) is 4.42. The molecule has 216 valence electrons. The van der Waals surface area contributed by atoms with Gasteiger partial charge in [-0.05, 0) is 119 Å². The number of hydrogen-bond donors (Lipinski definition) is 0. The molecule has 0 N–H and O–H groups in total. The summed E-state index contributed by atoms with van der Waals surface area (Å²) in [5.41, 5.74) is 18.2. The van der Waals surface area contributed by atoms with Crippen LogP contribution in [-0.2, 0) is 0 Å². The summed E-state index contributed by atoms with van der Waals surface area (Å²) in [6, 6.07) is 58.2. The molecule has 0 heteroatoms. The topological polar surface area (TPSA) is 0 Å². The molecule has 8 aromatic carbocycles. The van der Waals surface area contributed by atoms with Crippen molar-refractivity contribution >= 4 is 21.5 Å². The van der Waals surface area contributed by atoms with Gasteiger partial charge in [-0.1, -0.05) is 152 Å². The van der Waals surface area contributed by atoms with Gasteiger partial charge in [-0.15, -0.1) is 0 Å².